The molecule has 3 heterocycles. The number of benzene rings is 1. The Morgan fingerprint density at radius 2 is 1.88 bits per heavy atom. The van der Waals surface area contributed by atoms with Crippen molar-refractivity contribution < 1.29 is 4.79 Å². The molecule has 126 valence electrons. The summed E-state index contributed by atoms with van der Waals surface area (Å²) in [7, 11) is 0. The van der Waals surface area contributed by atoms with Gasteiger partial charge in [-0.3, -0.25) is 9.78 Å². The highest BCUT2D eigenvalue weighted by atomic mass is 16.1. The van der Waals surface area contributed by atoms with E-state index >= 15 is 0 Å². The van der Waals surface area contributed by atoms with Crippen LogP contribution in [0.15, 0.2) is 55.1 Å². The summed E-state index contributed by atoms with van der Waals surface area (Å²) in [6, 6.07) is 9.89. The molecule has 4 rings (SSSR count). The van der Waals surface area contributed by atoms with Crippen LogP contribution in [-0.2, 0) is 4.79 Å². The molecule has 6 heteroatoms. The third-order valence-electron chi connectivity index (χ3n) is 4.65. The zero-order chi connectivity index (χ0) is 17.1. The van der Waals surface area contributed by atoms with Gasteiger partial charge in [0.05, 0.1) is 6.20 Å². The van der Waals surface area contributed by atoms with Crippen molar-refractivity contribution in [2.75, 3.05) is 23.3 Å². The summed E-state index contributed by atoms with van der Waals surface area (Å²) in [6.07, 6.45) is 8.45. The van der Waals surface area contributed by atoms with Gasteiger partial charge in [0.1, 0.15) is 11.6 Å². The maximum Gasteiger partial charge on any atom is 0.228 e. The standard InChI is InChI=1S/C19H19N5O/c25-19(23-18-16-4-2-1-3-14(16)5-8-22-18)15-6-11-24(12-7-15)17-13-20-9-10-21-17/h1-5,8-10,13,15H,6-7,11-12H2,(H,22,23,25). The molecule has 25 heavy (non-hydrogen) atoms. The normalized spacial score (nSPS) is 15.3. The van der Waals surface area contributed by atoms with Crippen molar-refractivity contribution in [3.8, 4) is 0 Å². The number of fused-ring (bicyclic) bond motifs is 1. The van der Waals surface area contributed by atoms with Crippen molar-refractivity contribution in [1.29, 1.82) is 0 Å². The van der Waals surface area contributed by atoms with E-state index in [-0.39, 0.29) is 11.8 Å². The van der Waals surface area contributed by atoms with E-state index in [2.05, 4.69) is 25.2 Å². The number of pyridine rings is 1. The summed E-state index contributed by atoms with van der Waals surface area (Å²) in [5.74, 6) is 1.55. The summed E-state index contributed by atoms with van der Waals surface area (Å²) in [4.78, 5) is 27.6. The smallest absolute Gasteiger partial charge is 0.228 e. The number of anilines is 2. The van der Waals surface area contributed by atoms with Gasteiger partial charge in [0, 0.05) is 43.0 Å². The van der Waals surface area contributed by atoms with Crippen molar-refractivity contribution in [1.82, 2.24) is 15.0 Å². The molecule has 1 aromatic carbocycles. The van der Waals surface area contributed by atoms with Crippen molar-refractivity contribution >= 4 is 28.3 Å². The molecule has 3 aromatic rings. The molecule has 1 aliphatic rings. The van der Waals surface area contributed by atoms with Gasteiger partial charge in [0.25, 0.3) is 0 Å². The quantitative estimate of drug-likeness (QED) is 0.798. The zero-order valence-electron chi connectivity index (χ0n) is 13.8. The number of aromatic nitrogens is 3. The van der Waals surface area contributed by atoms with Gasteiger partial charge in [0.2, 0.25) is 5.91 Å². The van der Waals surface area contributed by atoms with Crippen molar-refractivity contribution in [3.05, 3.63) is 55.1 Å². The van der Waals surface area contributed by atoms with Crippen LogP contribution in [0.3, 0.4) is 0 Å². The Hall–Kier alpha value is -3.02. The first-order chi connectivity index (χ1) is 12.3. The van der Waals surface area contributed by atoms with E-state index in [4.69, 9.17) is 0 Å². The lowest BCUT2D eigenvalue weighted by Crippen LogP contribution is -2.38. The highest BCUT2D eigenvalue weighted by Crippen LogP contribution is 2.24. The number of piperidine rings is 1. The molecule has 0 unspecified atom stereocenters. The molecule has 0 spiro atoms. The molecule has 0 bridgehead atoms. The number of hydrogen-bond donors (Lipinski definition) is 1. The van der Waals surface area contributed by atoms with Gasteiger partial charge in [-0.2, -0.15) is 0 Å². The molecule has 0 atom stereocenters. The molecule has 2 aromatic heterocycles. The molecule has 1 amide bonds. The molecule has 1 fully saturated rings. The summed E-state index contributed by atoms with van der Waals surface area (Å²) < 4.78 is 0. The molecule has 1 aliphatic heterocycles. The van der Waals surface area contributed by atoms with Gasteiger partial charge >= 0.3 is 0 Å². The maximum absolute atomic E-state index is 12.7. The second-order valence-electron chi connectivity index (χ2n) is 6.19. The number of amides is 1. The first-order valence-corrected chi connectivity index (χ1v) is 8.47. The van der Waals surface area contributed by atoms with Crippen molar-refractivity contribution in [3.63, 3.8) is 0 Å². The second kappa shape index (κ2) is 6.84. The predicted octanol–water partition coefficient (Wildman–Crippen LogP) is 2.88. The van der Waals surface area contributed by atoms with Gasteiger partial charge < -0.3 is 10.2 Å². The van der Waals surface area contributed by atoms with Gasteiger partial charge in [0.15, 0.2) is 0 Å². The maximum atomic E-state index is 12.7. The Balaban J connectivity index is 1.42. The van der Waals surface area contributed by atoms with Crippen molar-refractivity contribution in [2.24, 2.45) is 5.92 Å². The average Bonchev–Trinajstić information content (AvgIpc) is 2.69. The fourth-order valence-electron chi connectivity index (χ4n) is 3.26. The highest BCUT2D eigenvalue weighted by Gasteiger charge is 2.26. The summed E-state index contributed by atoms with van der Waals surface area (Å²) in [5.41, 5.74) is 0. The van der Waals surface area contributed by atoms with E-state index < -0.39 is 0 Å². The fraction of sp³-hybridized carbons (Fsp3) is 0.263. The monoisotopic (exact) mass is 333 g/mol. The van der Waals surface area contributed by atoms with E-state index in [0.717, 1.165) is 42.5 Å². The Labute approximate surface area is 145 Å². The number of hydrogen-bond acceptors (Lipinski definition) is 5. The molecule has 1 N–H and O–H groups in total. The van der Waals surface area contributed by atoms with Gasteiger partial charge in [-0.1, -0.05) is 24.3 Å². The van der Waals surface area contributed by atoms with E-state index in [1.165, 1.54) is 0 Å². The molecule has 0 aliphatic carbocycles. The van der Waals surface area contributed by atoms with Crippen LogP contribution < -0.4 is 10.2 Å². The van der Waals surface area contributed by atoms with Crippen LogP contribution in [0.5, 0.6) is 0 Å². The van der Waals surface area contributed by atoms with Gasteiger partial charge in [-0.05, 0) is 24.3 Å². The third kappa shape index (κ3) is 3.28. The zero-order valence-corrected chi connectivity index (χ0v) is 13.8. The lowest BCUT2D eigenvalue weighted by atomic mass is 9.96. The van der Waals surface area contributed by atoms with Gasteiger partial charge in [-0.25, -0.2) is 9.97 Å². The topological polar surface area (TPSA) is 71.0 Å². The third-order valence-corrected chi connectivity index (χ3v) is 4.65. The van der Waals surface area contributed by atoms with E-state index in [0.29, 0.717) is 5.82 Å². The average molecular weight is 333 g/mol. The summed E-state index contributed by atoms with van der Waals surface area (Å²) in [5, 5.41) is 5.05. The largest absolute Gasteiger partial charge is 0.355 e. The van der Waals surface area contributed by atoms with Crippen LogP contribution in [0.25, 0.3) is 10.8 Å². The lowest BCUT2D eigenvalue weighted by Gasteiger charge is -2.31. The molecule has 0 saturated carbocycles. The second-order valence-corrected chi connectivity index (χ2v) is 6.19. The van der Waals surface area contributed by atoms with Crippen LogP contribution in [0.1, 0.15) is 12.8 Å². The van der Waals surface area contributed by atoms with Gasteiger partial charge in [-0.15, -0.1) is 0 Å². The molecular weight excluding hydrogens is 314 g/mol. The van der Waals surface area contributed by atoms with Crippen LogP contribution in [0, 0.1) is 5.92 Å². The minimum absolute atomic E-state index is 0.00584. The van der Waals surface area contributed by atoms with E-state index in [1.807, 2.05) is 30.3 Å². The number of carbonyl (C=O) groups excluding carboxylic acids is 1. The SMILES string of the molecule is O=C(Nc1nccc2ccccc12)C1CCN(c2cnccn2)CC1. The van der Waals surface area contributed by atoms with Crippen LogP contribution in [-0.4, -0.2) is 33.9 Å². The predicted molar refractivity (Wildman–Crippen MR) is 97.3 cm³/mol. The molecule has 0 radical (unpaired) electrons. The summed E-state index contributed by atoms with van der Waals surface area (Å²) in [6.45, 7) is 1.61. The molecule has 1 saturated heterocycles. The first-order valence-electron chi connectivity index (χ1n) is 8.47. The number of carbonyl (C=O) groups is 1. The Morgan fingerprint density at radius 3 is 2.68 bits per heavy atom. The number of nitrogens with one attached hydrogen (secondary N) is 1. The lowest BCUT2D eigenvalue weighted by molar-refractivity contribution is -0.120. The van der Waals surface area contributed by atoms with Crippen molar-refractivity contribution in [2.45, 2.75) is 12.8 Å². The summed E-state index contributed by atoms with van der Waals surface area (Å²) >= 11 is 0. The Bertz CT molecular complexity index is 870. The Morgan fingerprint density at radius 1 is 1.04 bits per heavy atom. The van der Waals surface area contributed by atoms with Crippen LogP contribution in [0.4, 0.5) is 11.6 Å². The van der Waals surface area contributed by atoms with E-state index in [9.17, 15) is 4.79 Å². The van der Waals surface area contributed by atoms with Crippen LogP contribution in [0.2, 0.25) is 0 Å². The minimum atomic E-state index is -0.00584. The first kappa shape index (κ1) is 15.5. The number of rotatable bonds is 3. The fourth-order valence-corrected chi connectivity index (χ4v) is 3.26. The Kier molecular flexibility index (Phi) is 4.24. The minimum Gasteiger partial charge on any atom is -0.355 e. The number of nitrogens with zero attached hydrogens (tertiary/aromatic N) is 4. The molecular formula is C19H19N5O. The molecule has 6 nitrogen and oxygen atoms in total. The van der Waals surface area contributed by atoms with Crippen LogP contribution >= 0.6 is 0 Å². The van der Waals surface area contributed by atoms with E-state index in [1.54, 1.807) is 24.8 Å². The highest BCUT2D eigenvalue weighted by molar-refractivity contribution is 6.01.